The summed E-state index contributed by atoms with van der Waals surface area (Å²) in [5.74, 6) is 0. The molecule has 0 radical (unpaired) electrons. The molecule has 0 N–H and O–H groups in total. The van der Waals surface area contributed by atoms with Gasteiger partial charge >= 0.3 is 8.56 Å². The normalized spacial score (nSPS) is 15.2. The molecule has 0 amide bonds. The minimum Gasteiger partial charge on any atom is -0.437 e. The van der Waals surface area contributed by atoms with Gasteiger partial charge in [0.15, 0.2) is 9.04 Å². The Morgan fingerprint density at radius 3 is 1.42 bits per heavy atom. The van der Waals surface area contributed by atoms with Crippen molar-refractivity contribution in [3.63, 3.8) is 0 Å². The van der Waals surface area contributed by atoms with Crippen LogP contribution in [0, 0.1) is 0 Å². The first-order valence-corrected chi connectivity index (χ1v) is 22.1. The van der Waals surface area contributed by atoms with Crippen molar-refractivity contribution in [2.75, 3.05) is 0 Å². The molecule has 0 saturated carbocycles. The smallest absolute Gasteiger partial charge is 0.360 e. The standard InChI is InChI=1S/C25H58O3Si3/c1-8-10-12-14-16-18-20-22-24-29(3)28-31(7,27-26-30(4,5)6)25-23-21-19-17-15-13-11-9-2/h29H,8-25H2,1-7H3. The summed E-state index contributed by atoms with van der Waals surface area (Å²) in [5, 5.41) is 0. The molecule has 0 aliphatic carbocycles. The van der Waals surface area contributed by atoms with E-state index in [2.05, 4.69) is 46.6 Å². The van der Waals surface area contributed by atoms with Crippen LogP contribution < -0.4 is 0 Å². The molecule has 0 heterocycles. The SMILES string of the molecule is CCCCCCCCCC[SiH](C)O[Si](C)(CCCCCCCCCC)OO[Si](C)(C)C. The van der Waals surface area contributed by atoms with Crippen LogP contribution in [-0.4, -0.2) is 25.9 Å². The Morgan fingerprint density at radius 2 is 0.968 bits per heavy atom. The maximum absolute atomic E-state index is 6.71. The predicted molar refractivity (Wildman–Crippen MR) is 146 cm³/mol. The molecule has 2 unspecified atom stereocenters. The first-order chi connectivity index (χ1) is 14.7. The minimum absolute atomic E-state index is 1.08. The molecule has 0 aromatic heterocycles. The number of hydrogen-bond donors (Lipinski definition) is 0. The lowest BCUT2D eigenvalue weighted by atomic mass is 10.1. The van der Waals surface area contributed by atoms with Gasteiger partial charge in [0, 0.05) is 0 Å². The Balaban J connectivity index is 4.19. The van der Waals surface area contributed by atoms with Crippen molar-refractivity contribution < 1.29 is 13.3 Å². The molecule has 0 aromatic carbocycles. The zero-order valence-electron chi connectivity index (χ0n) is 22.5. The van der Waals surface area contributed by atoms with Crippen molar-refractivity contribution in [1.29, 1.82) is 0 Å². The zero-order chi connectivity index (χ0) is 23.4. The van der Waals surface area contributed by atoms with Gasteiger partial charge in [-0.1, -0.05) is 117 Å². The van der Waals surface area contributed by atoms with Gasteiger partial charge in [-0.05, 0) is 44.8 Å². The second-order valence-corrected chi connectivity index (χ2v) is 21.3. The fraction of sp³-hybridized carbons (Fsp3) is 1.00. The van der Waals surface area contributed by atoms with E-state index in [0.29, 0.717) is 0 Å². The van der Waals surface area contributed by atoms with Gasteiger partial charge < -0.3 is 4.12 Å². The van der Waals surface area contributed by atoms with Crippen LogP contribution in [0.1, 0.15) is 117 Å². The first kappa shape index (κ1) is 31.5. The summed E-state index contributed by atoms with van der Waals surface area (Å²) in [5.41, 5.74) is 0. The zero-order valence-corrected chi connectivity index (χ0v) is 25.7. The van der Waals surface area contributed by atoms with E-state index in [4.69, 9.17) is 13.3 Å². The highest BCUT2D eigenvalue weighted by Crippen LogP contribution is 2.24. The lowest BCUT2D eigenvalue weighted by Crippen LogP contribution is -2.45. The molecule has 3 nitrogen and oxygen atoms in total. The van der Waals surface area contributed by atoms with Gasteiger partial charge in [0.1, 0.15) is 0 Å². The summed E-state index contributed by atoms with van der Waals surface area (Å²) in [6.07, 6.45) is 21.9. The molecule has 0 spiro atoms. The molecule has 0 aromatic rings. The van der Waals surface area contributed by atoms with Crippen LogP contribution in [0.25, 0.3) is 0 Å². The largest absolute Gasteiger partial charge is 0.437 e. The number of unbranched alkanes of at least 4 members (excludes halogenated alkanes) is 14. The number of hydrogen-bond acceptors (Lipinski definition) is 3. The Kier molecular flexibility index (Phi) is 20.3. The van der Waals surface area contributed by atoms with E-state index in [-0.39, 0.29) is 0 Å². The van der Waals surface area contributed by atoms with Gasteiger partial charge in [-0.15, -0.1) is 0 Å². The van der Waals surface area contributed by atoms with E-state index in [9.17, 15) is 0 Å². The summed E-state index contributed by atoms with van der Waals surface area (Å²) < 4.78 is 18.7. The van der Waals surface area contributed by atoms with Gasteiger partial charge in [0.2, 0.25) is 8.32 Å². The van der Waals surface area contributed by atoms with E-state index >= 15 is 0 Å². The van der Waals surface area contributed by atoms with E-state index in [1.165, 1.54) is 109 Å². The van der Waals surface area contributed by atoms with E-state index < -0.39 is 25.9 Å². The van der Waals surface area contributed by atoms with Crippen molar-refractivity contribution in [3.05, 3.63) is 0 Å². The fourth-order valence-corrected chi connectivity index (χ4v) is 12.0. The molecule has 6 heteroatoms. The van der Waals surface area contributed by atoms with Crippen molar-refractivity contribution >= 4 is 25.9 Å². The van der Waals surface area contributed by atoms with Crippen molar-refractivity contribution in [2.24, 2.45) is 0 Å². The predicted octanol–water partition coefficient (Wildman–Crippen LogP) is 9.49. The van der Waals surface area contributed by atoms with Crippen LogP contribution in [0.5, 0.6) is 0 Å². The van der Waals surface area contributed by atoms with Crippen LogP contribution in [0.4, 0.5) is 0 Å². The quantitative estimate of drug-likeness (QED) is 0.0617. The highest BCUT2D eigenvalue weighted by Gasteiger charge is 2.36. The first-order valence-electron chi connectivity index (χ1n) is 13.8. The molecule has 0 rings (SSSR count). The molecule has 0 saturated heterocycles. The summed E-state index contributed by atoms with van der Waals surface area (Å²) in [4.78, 5) is 0. The average molecular weight is 491 g/mol. The summed E-state index contributed by atoms with van der Waals surface area (Å²) in [7, 11) is -5.10. The van der Waals surface area contributed by atoms with Crippen molar-refractivity contribution in [2.45, 2.75) is 161 Å². The van der Waals surface area contributed by atoms with Gasteiger partial charge in [0.25, 0.3) is 0 Å². The molecule has 2 atom stereocenters. The number of rotatable bonds is 23. The van der Waals surface area contributed by atoms with Gasteiger partial charge in [-0.25, -0.2) is 0 Å². The lowest BCUT2D eigenvalue weighted by molar-refractivity contribution is -0.139. The summed E-state index contributed by atoms with van der Waals surface area (Å²) in [6.45, 7) is 15.8. The van der Waals surface area contributed by atoms with Crippen molar-refractivity contribution in [1.82, 2.24) is 0 Å². The molecular weight excluding hydrogens is 433 g/mol. The van der Waals surface area contributed by atoms with E-state index in [1.807, 2.05) is 0 Å². The molecule has 188 valence electrons. The van der Waals surface area contributed by atoms with Crippen molar-refractivity contribution in [3.8, 4) is 0 Å². The molecule has 0 bridgehead atoms. The Bertz CT molecular complexity index is 391. The third-order valence-electron chi connectivity index (χ3n) is 5.87. The fourth-order valence-electron chi connectivity index (χ4n) is 3.96. The Labute approximate surface area is 200 Å². The topological polar surface area (TPSA) is 27.7 Å². The summed E-state index contributed by atoms with van der Waals surface area (Å²) in [6, 6.07) is 2.37. The molecule has 0 aliphatic rings. The highest BCUT2D eigenvalue weighted by atomic mass is 28.4. The third kappa shape index (κ3) is 22.1. The average Bonchev–Trinajstić information content (AvgIpc) is 2.70. The Morgan fingerprint density at radius 1 is 0.548 bits per heavy atom. The van der Waals surface area contributed by atoms with E-state index in [0.717, 1.165) is 6.04 Å². The van der Waals surface area contributed by atoms with Crippen LogP contribution in [0.15, 0.2) is 0 Å². The molecule has 31 heavy (non-hydrogen) atoms. The second kappa shape index (κ2) is 20.0. The maximum atomic E-state index is 6.71. The lowest BCUT2D eigenvalue weighted by Gasteiger charge is -2.32. The van der Waals surface area contributed by atoms with Gasteiger partial charge in [-0.3, -0.25) is 9.15 Å². The van der Waals surface area contributed by atoms with E-state index in [1.54, 1.807) is 0 Å². The minimum atomic E-state index is -2.22. The van der Waals surface area contributed by atoms with Gasteiger partial charge in [0.05, 0.1) is 0 Å². The Hall–Kier alpha value is 0.531. The third-order valence-corrected chi connectivity index (χ3v) is 13.1. The second-order valence-electron chi connectivity index (χ2n) is 10.8. The molecular formula is C25H58O3Si3. The van der Waals surface area contributed by atoms with Gasteiger partial charge in [-0.2, -0.15) is 0 Å². The summed E-state index contributed by atoms with van der Waals surface area (Å²) >= 11 is 0. The highest BCUT2D eigenvalue weighted by molar-refractivity contribution is 6.75. The molecule has 0 aliphatic heterocycles. The monoisotopic (exact) mass is 490 g/mol. The van der Waals surface area contributed by atoms with Crippen LogP contribution >= 0.6 is 0 Å². The molecule has 0 fully saturated rings. The van der Waals surface area contributed by atoms with Crippen LogP contribution in [-0.2, 0) is 13.3 Å². The maximum Gasteiger partial charge on any atom is 0.360 e. The van der Waals surface area contributed by atoms with Crippen LogP contribution in [0.2, 0.25) is 44.8 Å². The van der Waals surface area contributed by atoms with Crippen LogP contribution in [0.3, 0.4) is 0 Å².